The molecule has 1 aromatic rings. The Hall–Kier alpha value is -0.610. The Kier molecular flexibility index (Phi) is 5.22. The van der Waals surface area contributed by atoms with E-state index in [-0.39, 0.29) is 6.04 Å². The molecule has 0 spiro atoms. The van der Waals surface area contributed by atoms with E-state index in [1.54, 1.807) is 31.2 Å². The van der Waals surface area contributed by atoms with Crippen LogP contribution >= 0.6 is 11.6 Å². The van der Waals surface area contributed by atoms with Gasteiger partial charge in [-0.15, -0.1) is 0 Å². The molecular formula is C12H18ClNO2. The van der Waals surface area contributed by atoms with Crippen molar-refractivity contribution in [3.8, 4) is 0 Å². The van der Waals surface area contributed by atoms with E-state index in [0.29, 0.717) is 11.6 Å². The lowest BCUT2D eigenvalue weighted by Gasteiger charge is -2.21. The van der Waals surface area contributed by atoms with Crippen LogP contribution in [0.5, 0.6) is 0 Å². The zero-order valence-electron chi connectivity index (χ0n) is 9.52. The van der Waals surface area contributed by atoms with Crippen LogP contribution in [0.1, 0.15) is 25.5 Å². The summed E-state index contributed by atoms with van der Waals surface area (Å²) in [7, 11) is 0. The molecule has 0 bridgehead atoms. The van der Waals surface area contributed by atoms with Crippen LogP contribution in [0.15, 0.2) is 24.3 Å². The molecule has 0 radical (unpaired) electrons. The number of nitrogens with one attached hydrogen (secondary N) is 1. The van der Waals surface area contributed by atoms with Crippen molar-refractivity contribution < 1.29 is 10.2 Å². The van der Waals surface area contributed by atoms with Crippen LogP contribution < -0.4 is 5.32 Å². The fourth-order valence-electron chi connectivity index (χ4n) is 1.42. The molecular weight excluding hydrogens is 226 g/mol. The van der Waals surface area contributed by atoms with Gasteiger partial charge in [0, 0.05) is 17.6 Å². The summed E-state index contributed by atoms with van der Waals surface area (Å²) in [5.41, 5.74) is 0.815. The summed E-state index contributed by atoms with van der Waals surface area (Å²) in [5.74, 6) is 0. The van der Waals surface area contributed by atoms with Crippen LogP contribution in [0.25, 0.3) is 0 Å². The first-order valence-electron chi connectivity index (χ1n) is 5.35. The van der Waals surface area contributed by atoms with Gasteiger partial charge in [-0.2, -0.15) is 0 Å². The van der Waals surface area contributed by atoms with Crippen molar-refractivity contribution in [2.45, 2.75) is 32.1 Å². The SMILES string of the molecule is CC(O)CNC(C)C(O)c1ccc(Cl)cc1. The summed E-state index contributed by atoms with van der Waals surface area (Å²) in [6.07, 6.45) is -1.02. The quantitative estimate of drug-likeness (QED) is 0.738. The average Bonchev–Trinajstić information content (AvgIpc) is 2.26. The molecule has 0 aromatic heterocycles. The second-order valence-electron chi connectivity index (χ2n) is 4.04. The Labute approximate surface area is 101 Å². The van der Waals surface area contributed by atoms with Crippen molar-refractivity contribution in [3.63, 3.8) is 0 Å². The second kappa shape index (κ2) is 6.21. The minimum Gasteiger partial charge on any atom is -0.392 e. The monoisotopic (exact) mass is 243 g/mol. The summed E-state index contributed by atoms with van der Waals surface area (Å²) in [6, 6.07) is 6.99. The van der Waals surface area contributed by atoms with Crippen LogP contribution in [-0.2, 0) is 0 Å². The topological polar surface area (TPSA) is 52.5 Å². The third-order valence-electron chi connectivity index (χ3n) is 2.42. The third-order valence-corrected chi connectivity index (χ3v) is 2.67. The first-order chi connectivity index (χ1) is 7.50. The van der Waals surface area contributed by atoms with Gasteiger partial charge in [-0.05, 0) is 31.5 Å². The van der Waals surface area contributed by atoms with Crippen LogP contribution in [0.2, 0.25) is 5.02 Å². The van der Waals surface area contributed by atoms with Gasteiger partial charge in [-0.1, -0.05) is 23.7 Å². The normalized spacial score (nSPS) is 16.8. The lowest BCUT2D eigenvalue weighted by atomic mass is 10.0. The molecule has 1 aromatic carbocycles. The molecule has 90 valence electrons. The molecule has 0 aliphatic heterocycles. The molecule has 16 heavy (non-hydrogen) atoms. The Morgan fingerprint density at radius 1 is 1.19 bits per heavy atom. The van der Waals surface area contributed by atoms with Crippen LogP contribution in [-0.4, -0.2) is 28.9 Å². The number of hydrogen-bond donors (Lipinski definition) is 3. The van der Waals surface area contributed by atoms with Gasteiger partial charge in [0.15, 0.2) is 0 Å². The van der Waals surface area contributed by atoms with Crippen molar-refractivity contribution in [1.29, 1.82) is 0 Å². The largest absolute Gasteiger partial charge is 0.392 e. The fraction of sp³-hybridized carbons (Fsp3) is 0.500. The molecule has 1 rings (SSSR count). The van der Waals surface area contributed by atoms with Crippen molar-refractivity contribution in [2.75, 3.05) is 6.54 Å². The van der Waals surface area contributed by atoms with Crippen molar-refractivity contribution in [3.05, 3.63) is 34.9 Å². The molecule has 3 nitrogen and oxygen atoms in total. The Morgan fingerprint density at radius 3 is 2.25 bits per heavy atom. The number of halogens is 1. The molecule has 0 saturated carbocycles. The van der Waals surface area contributed by atoms with Gasteiger partial charge in [-0.25, -0.2) is 0 Å². The maximum atomic E-state index is 10.0. The fourth-order valence-corrected chi connectivity index (χ4v) is 1.54. The highest BCUT2D eigenvalue weighted by atomic mass is 35.5. The Balaban J connectivity index is 2.56. The van der Waals surface area contributed by atoms with Gasteiger partial charge in [0.1, 0.15) is 0 Å². The van der Waals surface area contributed by atoms with E-state index in [1.165, 1.54) is 0 Å². The number of aliphatic hydroxyl groups excluding tert-OH is 2. The van der Waals surface area contributed by atoms with Crippen molar-refractivity contribution in [2.24, 2.45) is 0 Å². The molecule has 0 aliphatic rings. The number of hydrogen-bond acceptors (Lipinski definition) is 3. The van der Waals surface area contributed by atoms with Gasteiger partial charge in [0.2, 0.25) is 0 Å². The summed E-state index contributed by atoms with van der Waals surface area (Å²) in [4.78, 5) is 0. The molecule has 0 fully saturated rings. The molecule has 3 N–H and O–H groups in total. The number of aliphatic hydroxyl groups is 2. The third kappa shape index (κ3) is 4.10. The molecule has 4 heteroatoms. The standard InChI is InChI=1S/C12H18ClNO2/c1-8(15)7-14-9(2)12(16)10-3-5-11(13)6-4-10/h3-6,8-9,12,14-16H,7H2,1-2H3. The van der Waals surface area contributed by atoms with Crippen molar-refractivity contribution >= 4 is 11.6 Å². The van der Waals surface area contributed by atoms with Gasteiger partial charge in [0.05, 0.1) is 12.2 Å². The smallest absolute Gasteiger partial charge is 0.0940 e. The van der Waals surface area contributed by atoms with E-state index in [1.807, 2.05) is 6.92 Å². The molecule has 3 atom stereocenters. The van der Waals surface area contributed by atoms with E-state index < -0.39 is 12.2 Å². The number of benzene rings is 1. The zero-order chi connectivity index (χ0) is 12.1. The first-order valence-corrected chi connectivity index (χ1v) is 5.73. The summed E-state index contributed by atoms with van der Waals surface area (Å²) >= 11 is 5.77. The lowest BCUT2D eigenvalue weighted by molar-refractivity contribution is 0.121. The van der Waals surface area contributed by atoms with Crippen molar-refractivity contribution in [1.82, 2.24) is 5.32 Å². The average molecular weight is 244 g/mol. The number of rotatable bonds is 5. The summed E-state index contributed by atoms with van der Waals surface area (Å²) in [6.45, 7) is 4.04. The summed E-state index contributed by atoms with van der Waals surface area (Å²) in [5, 5.41) is 22.8. The Morgan fingerprint density at radius 2 is 1.75 bits per heavy atom. The molecule has 0 aliphatic carbocycles. The second-order valence-corrected chi connectivity index (χ2v) is 4.48. The van der Waals surface area contributed by atoms with Gasteiger partial charge in [-0.3, -0.25) is 0 Å². The predicted molar refractivity (Wildman–Crippen MR) is 65.6 cm³/mol. The van der Waals surface area contributed by atoms with Gasteiger partial charge >= 0.3 is 0 Å². The minimum absolute atomic E-state index is 0.115. The van der Waals surface area contributed by atoms with E-state index in [4.69, 9.17) is 16.7 Å². The van der Waals surface area contributed by atoms with Crippen LogP contribution in [0.3, 0.4) is 0 Å². The zero-order valence-corrected chi connectivity index (χ0v) is 10.3. The first kappa shape index (κ1) is 13.5. The van der Waals surface area contributed by atoms with E-state index in [9.17, 15) is 5.11 Å². The van der Waals surface area contributed by atoms with Gasteiger partial charge < -0.3 is 15.5 Å². The summed E-state index contributed by atoms with van der Waals surface area (Å²) < 4.78 is 0. The van der Waals surface area contributed by atoms with Crippen LogP contribution in [0, 0.1) is 0 Å². The molecule has 0 heterocycles. The highest BCUT2D eigenvalue weighted by Gasteiger charge is 2.15. The van der Waals surface area contributed by atoms with Crippen LogP contribution in [0.4, 0.5) is 0 Å². The van der Waals surface area contributed by atoms with E-state index in [2.05, 4.69) is 5.32 Å². The maximum Gasteiger partial charge on any atom is 0.0940 e. The molecule has 3 unspecified atom stereocenters. The van der Waals surface area contributed by atoms with E-state index >= 15 is 0 Å². The molecule has 0 amide bonds. The minimum atomic E-state index is -0.601. The highest BCUT2D eigenvalue weighted by molar-refractivity contribution is 6.30. The molecule has 0 saturated heterocycles. The Bertz CT molecular complexity index is 313. The maximum absolute atomic E-state index is 10.0. The van der Waals surface area contributed by atoms with E-state index in [0.717, 1.165) is 5.56 Å². The lowest BCUT2D eigenvalue weighted by Crippen LogP contribution is -2.36. The van der Waals surface area contributed by atoms with Gasteiger partial charge in [0.25, 0.3) is 0 Å². The highest BCUT2D eigenvalue weighted by Crippen LogP contribution is 2.19. The predicted octanol–water partition coefficient (Wildman–Crippen LogP) is 1.73.